The van der Waals surface area contributed by atoms with Gasteiger partial charge >= 0.3 is 0 Å². The van der Waals surface area contributed by atoms with E-state index in [1.807, 2.05) is 0 Å². The Hall–Kier alpha value is -2.47. The summed E-state index contributed by atoms with van der Waals surface area (Å²) < 4.78 is 18.7. The van der Waals surface area contributed by atoms with Crippen LogP contribution in [0.15, 0.2) is 36.4 Å². The molecule has 0 bridgehead atoms. The minimum Gasteiger partial charge on any atom is -0.482 e. The maximum atomic E-state index is 13.4. The minimum atomic E-state index is -0.515. The summed E-state index contributed by atoms with van der Waals surface area (Å²) in [6.07, 6.45) is 0. The second-order valence-electron chi connectivity index (χ2n) is 4.37. The van der Waals surface area contributed by atoms with Crippen molar-refractivity contribution in [3.05, 3.63) is 53.6 Å². The van der Waals surface area contributed by atoms with Crippen LogP contribution >= 0.6 is 0 Å². The van der Waals surface area contributed by atoms with Crippen molar-refractivity contribution in [1.82, 2.24) is 4.98 Å². The molecule has 1 heterocycles. The number of carbonyl (C=O) groups excluding carboxylic acids is 1. The SMILES string of the molecule is Cc1ccc(OCC(=O)Nc2ccccc2F)c(CO)n1. The molecular weight excluding hydrogens is 275 g/mol. The largest absolute Gasteiger partial charge is 0.482 e. The lowest BCUT2D eigenvalue weighted by Gasteiger charge is -2.10. The minimum absolute atomic E-state index is 0.0931. The predicted octanol–water partition coefficient (Wildman–Crippen LogP) is 2.04. The van der Waals surface area contributed by atoms with Crippen LogP contribution in [0.1, 0.15) is 11.4 Å². The van der Waals surface area contributed by atoms with Crippen LogP contribution in [0, 0.1) is 12.7 Å². The standard InChI is InChI=1S/C15H15FN2O3/c1-10-6-7-14(13(8-19)17-10)21-9-15(20)18-12-5-3-2-4-11(12)16/h2-7,19H,8-9H2,1H3,(H,18,20). The van der Waals surface area contributed by atoms with Crippen molar-refractivity contribution in [2.45, 2.75) is 13.5 Å². The number of pyridine rings is 1. The van der Waals surface area contributed by atoms with E-state index >= 15 is 0 Å². The van der Waals surface area contributed by atoms with Gasteiger partial charge in [-0.15, -0.1) is 0 Å². The molecule has 21 heavy (non-hydrogen) atoms. The molecule has 0 unspecified atom stereocenters. The molecule has 0 aliphatic carbocycles. The number of nitrogens with one attached hydrogen (secondary N) is 1. The normalized spacial score (nSPS) is 10.2. The third-order valence-corrected chi connectivity index (χ3v) is 2.73. The fraction of sp³-hybridized carbons (Fsp3) is 0.200. The summed E-state index contributed by atoms with van der Waals surface area (Å²) in [5.74, 6) is -0.685. The van der Waals surface area contributed by atoms with Crippen LogP contribution in [0.25, 0.3) is 0 Å². The van der Waals surface area contributed by atoms with Crippen LogP contribution in [0.3, 0.4) is 0 Å². The van der Waals surface area contributed by atoms with Crippen LogP contribution in [0.5, 0.6) is 5.75 Å². The van der Waals surface area contributed by atoms with Gasteiger partial charge in [-0.1, -0.05) is 12.1 Å². The van der Waals surface area contributed by atoms with Gasteiger partial charge in [-0.3, -0.25) is 9.78 Å². The molecule has 6 heteroatoms. The van der Waals surface area contributed by atoms with E-state index in [4.69, 9.17) is 4.74 Å². The molecule has 2 aromatic rings. The summed E-state index contributed by atoms with van der Waals surface area (Å²) in [7, 11) is 0. The second-order valence-corrected chi connectivity index (χ2v) is 4.37. The van der Waals surface area contributed by atoms with Crippen LogP contribution in [-0.2, 0) is 11.4 Å². The molecule has 0 saturated heterocycles. The highest BCUT2D eigenvalue weighted by atomic mass is 19.1. The topological polar surface area (TPSA) is 71.5 Å². The number of aliphatic hydroxyl groups excluding tert-OH is 1. The van der Waals surface area contributed by atoms with E-state index in [-0.39, 0.29) is 18.9 Å². The van der Waals surface area contributed by atoms with Crippen molar-refractivity contribution in [3.63, 3.8) is 0 Å². The molecule has 110 valence electrons. The average molecular weight is 290 g/mol. The van der Waals surface area contributed by atoms with Crippen molar-refractivity contribution < 1.29 is 19.0 Å². The highest BCUT2D eigenvalue weighted by Crippen LogP contribution is 2.17. The third-order valence-electron chi connectivity index (χ3n) is 2.73. The van der Waals surface area contributed by atoms with E-state index in [2.05, 4.69) is 10.3 Å². The lowest BCUT2D eigenvalue weighted by atomic mass is 10.3. The lowest BCUT2D eigenvalue weighted by Crippen LogP contribution is -2.21. The van der Waals surface area contributed by atoms with Crippen molar-refractivity contribution in [2.75, 3.05) is 11.9 Å². The number of halogens is 1. The number of rotatable bonds is 5. The molecule has 2 rings (SSSR count). The number of ether oxygens (including phenoxy) is 1. The molecule has 0 radical (unpaired) electrons. The molecule has 0 atom stereocenters. The number of aryl methyl sites for hydroxylation is 1. The predicted molar refractivity (Wildman–Crippen MR) is 75.4 cm³/mol. The molecule has 1 aromatic carbocycles. The summed E-state index contributed by atoms with van der Waals surface area (Å²) in [5, 5.41) is 11.6. The number of hydrogen-bond acceptors (Lipinski definition) is 4. The third kappa shape index (κ3) is 4.00. The molecule has 5 nitrogen and oxygen atoms in total. The Balaban J connectivity index is 1.97. The molecular formula is C15H15FN2O3. The van der Waals surface area contributed by atoms with Crippen molar-refractivity contribution in [2.24, 2.45) is 0 Å². The highest BCUT2D eigenvalue weighted by Gasteiger charge is 2.10. The molecule has 1 amide bonds. The monoisotopic (exact) mass is 290 g/mol. The summed E-state index contributed by atoms with van der Waals surface area (Å²) in [6.45, 7) is 1.20. The first kappa shape index (κ1) is 14.9. The maximum absolute atomic E-state index is 13.4. The van der Waals surface area contributed by atoms with Gasteiger partial charge in [0.05, 0.1) is 12.3 Å². The molecule has 0 aliphatic rings. The molecule has 0 fully saturated rings. The molecule has 0 spiro atoms. The fourth-order valence-corrected chi connectivity index (χ4v) is 1.73. The zero-order valence-electron chi connectivity index (χ0n) is 11.5. The number of para-hydroxylation sites is 1. The van der Waals surface area contributed by atoms with E-state index in [0.29, 0.717) is 11.4 Å². The first-order chi connectivity index (χ1) is 10.1. The van der Waals surface area contributed by atoms with Crippen LogP contribution < -0.4 is 10.1 Å². The molecule has 0 saturated carbocycles. The Morgan fingerprint density at radius 1 is 1.33 bits per heavy atom. The van der Waals surface area contributed by atoms with Gasteiger partial charge in [0.15, 0.2) is 6.61 Å². The molecule has 2 N–H and O–H groups in total. The van der Waals surface area contributed by atoms with E-state index in [0.717, 1.165) is 5.69 Å². The number of benzene rings is 1. The fourth-order valence-electron chi connectivity index (χ4n) is 1.73. The Morgan fingerprint density at radius 3 is 2.81 bits per heavy atom. The summed E-state index contributed by atoms with van der Waals surface area (Å²) >= 11 is 0. The Morgan fingerprint density at radius 2 is 2.10 bits per heavy atom. The van der Waals surface area contributed by atoms with Gasteiger partial charge in [0.1, 0.15) is 17.3 Å². The zero-order chi connectivity index (χ0) is 15.2. The summed E-state index contributed by atoms with van der Waals surface area (Å²) in [4.78, 5) is 15.8. The van der Waals surface area contributed by atoms with Gasteiger partial charge in [-0.05, 0) is 31.2 Å². The lowest BCUT2D eigenvalue weighted by molar-refractivity contribution is -0.118. The first-order valence-electron chi connectivity index (χ1n) is 6.34. The van der Waals surface area contributed by atoms with E-state index in [9.17, 15) is 14.3 Å². The first-order valence-corrected chi connectivity index (χ1v) is 6.34. The van der Waals surface area contributed by atoms with E-state index < -0.39 is 11.7 Å². The van der Waals surface area contributed by atoms with Gasteiger partial charge in [-0.25, -0.2) is 4.39 Å². The van der Waals surface area contributed by atoms with E-state index in [1.165, 1.54) is 18.2 Å². The summed E-state index contributed by atoms with van der Waals surface area (Å²) in [5.41, 5.74) is 1.19. The number of hydrogen-bond donors (Lipinski definition) is 2. The molecule has 1 aromatic heterocycles. The Labute approximate surface area is 121 Å². The van der Waals surface area contributed by atoms with Crippen LogP contribution in [0.4, 0.5) is 10.1 Å². The smallest absolute Gasteiger partial charge is 0.262 e. The number of nitrogens with zero attached hydrogens (tertiary/aromatic N) is 1. The number of amides is 1. The van der Waals surface area contributed by atoms with Gasteiger partial charge in [0, 0.05) is 5.69 Å². The second kappa shape index (κ2) is 6.81. The average Bonchev–Trinajstić information content (AvgIpc) is 2.48. The highest BCUT2D eigenvalue weighted by molar-refractivity contribution is 5.91. The van der Waals surface area contributed by atoms with Gasteiger partial charge in [0.25, 0.3) is 5.91 Å². The molecule has 0 aliphatic heterocycles. The van der Waals surface area contributed by atoms with Gasteiger partial charge in [0.2, 0.25) is 0 Å². The van der Waals surface area contributed by atoms with Gasteiger partial charge in [-0.2, -0.15) is 0 Å². The van der Waals surface area contributed by atoms with Crippen LogP contribution in [0.2, 0.25) is 0 Å². The van der Waals surface area contributed by atoms with E-state index in [1.54, 1.807) is 25.1 Å². The quantitative estimate of drug-likeness (QED) is 0.884. The zero-order valence-corrected chi connectivity index (χ0v) is 11.5. The van der Waals surface area contributed by atoms with Crippen molar-refractivity contribution >= 4 is 11.6 Å². The summed E-state index contributed by atoms with van der Waals surface area (Å²) in [6, 6.07) is 9.21. The Kier molecular flexibility index (Phi) is 4.84. The number of aromatic nitrogens is 1. The van der Waals surface area contributed by atoms with Crippen LogP contribution in [-0.4, -0.2) is 22.6 Å². The van der Waals surface area contributed by atoms with Crippen molar-refractivity contribution in [3.8, 4) is 5.75 Å². The number of anilines is 1. The maximum Gasteiger partial charge on any atom is 0.262 e. The van der Waals surface area contributed by atoms with Gasteiger partial charge < -0.3 is 15.2 Å². The number of aliphatic hydroxyl groups is 1. The Bertz CT molecular complexity index is 647. The van der Waals surface area contributed by atoms with Crippen molar-refractivity contribution in [1.29, 1.82) is 0 Å². The number of carbonyl (C=O) groups is 1.